The zero-order valence-electron chi connectivity index (χ0n) is 7.93. The van der Waals surface area contributed by atoms with E-state index in [-0.39, 0.29) is 5.69 Å². The summed E-state index contributed by atoms with van der Waals surface area (Å²) in [4.78, 5) is 0. The summed E-state index contributed by atoms with van der Waals surface area (Å²) in [5.41, 5.74) is 0.130. The Labute approximate surface area is 81.6 Å². The molecule has 1 aromatic carbocycles. The third kappa shape index (κ3) is 2.96. The van der Waals surface area contributed by atoms with E-state index in [9.17, 15) is 8.78 Å². The highest BCUT2D eigenvalue weighted by molar-refractivity contribution is 5.44. The van der Waals surface area contributed by atoms with Crippen LogP contribution in [0.1, 0.15) is 13.3 Å². The van der Waals surface area contributed by atoms with E-state index in [4.69, 9.17) is 5.11 Å². The van der Waals surface area contributed by atoms with Crippen molar-refractivity contribution in [2.24, 2.45) is 0 Å². The molecule has 0 aliphatic heterocycles. The van der Waals surface area contributed by atoms with Crippen LogP contribution in [0.4, 0.5) is 14.5 Å². The molecular formula is C10H13F2NO. The molecule has 0 amide bonds. The molecule has 0 radical (unpaired) electrons. The van der Waals surface area contributed by atoms with Crippen LogP contribution in [0.3, 0.4) is 0 Å². The number of anilines is 1. The fourth-order valence-electron chi connectivity index (χ4n) is 1.06. The minimum Gasteiger partial charge on any atom is -0.393 e. The summed E-state index contributed by atoms with van der Waals surface area (Å²) < 4.78 is 25.7. The largest absolute Gasteiger partial charge is 0.393 e. The van der Waals surface area contributed by atoms with Gasteiger partial charge in [0, 0.05) is 6.54 Å². The van der Waals surface area contributed by atoms with Crippen LogP contribution in [-0.4, -0.2) is 17.8 Å². The van der Waals surface area contributed by atoms with Gasteiger partial charge in [0.05, 0.1) is 11.8 Å². The van der Waals surface area contributed by atoms with Gasteiger partial charge in [-0.25, -0.2) is 8.78 Å². The van der Waals surface area contributed by atoms with E-state index in [0.717, 1.165) is 6.07 Å². The molecule has 0 spiro atoms. The summed E-state index contributed by atoms with van der Waals surface area (Å²) in [5.74, 6) is -1.75. The first-order valence-corrected chi connectivity index (χ1v) is 4.47. The van der Waals surface area contributed by atoms with Gasteiger partial charge in [0.15, 0.2) is 11.6 Å². The Hall–Kier alpha value is -1.16. The Morgan fingerprint density at radius 3 is 2.79 bits per heavy atom. The molecule has 0 fully saturated rings. The molecule has 0 aromatic heterocycles. The zero-order chi connectivity index (χ0) is 10.6. The second-order valence-electron chi connectivity index (χ2n) is 3.17. The molecule has 0 saturated carbocycles. The molecule has 0 bridgehead atoms. The number of benzene rings is 1. The quantitative estimate of drug-likeness (QED) is 0.782. The predicted molar refractivity (Wildman–Crippen MR) is 51.1 cm³/mol. The standard InChI is InChI=1S/C10H13F2NO/c1-7(14)5-6-13-9-4-2-3-8(11)10(9)12/h2-4,7,13-14H,5-6H2,1H3. The van der Waals surface area contributed by atoms with Crippen LogP contribution in [0.15, 0.2) is 18.2 Å². The van der Waals surface area contributed by atoms with Crippen molar-refractivity contribution >= 4 is 5.69 Å². The molecule has 0 heterocycles. The monoisotopic (exact) mass is 201 g/mol. The average molecular weight is 201 g/mol. The van der Waals surface area contributed by atoms with Crippen LogP contribution in [0, 0.1) is 11.6 Å². The van der Waals surface area contributed by atoms with Crippen LogP contribution in [0.5, 0.6) is 0 Å². The number of nitrogens with one attached hydrogen (secondary N) is 1. The lowest BCUT2D eigenvalue weighted by Crippen LogP contribution is -2.10. The van der Waals surface area contributed by atoms with Crippen molar-refractivity contribution in [3.63, 3.8) is 0 Å². The highest BCUT2D eigenvalue weighted by Gasteiger charge is 2.06. The molecule has 4 heteroatoms. The van der Waals surface area contributed by atoms with E-state index in [2.05, 4.69) is 5.32 Å². The predicted octanol–water partition coefficient (Wildman–Crippen LogP) is 2.15. The zero-order valence-corrected chi connectivity index (χ0v) is 7.93. The van der Waals surface area contributed by atoms with Gasteiger partial charge in [0.1, 0.15) is 0 Å². The minimum absolute atomic E-state index is 0.130. The maximum Gasteiger partial charge on any atom is 0.181 e. The Morgan fingerprint density at radius 1 is 1.43 bits per heavy atom. The van der Waals surface area contributed by atoms with Gasteiger partial charge in [0.2, 0.25) is 0 Å². The Morgan fingerprint density at radius 2 is 2.14 bits per heavy atom. The van der Waals surface area contributed by atoms with Crippen molar-refractivity contribution in [3.8, 4) is 0 Å². The van der Waals surface area contributed by atoms with Gasteiger partial charge in [-0.15, -0.1) is 0 Å². The van der Waals surface area contributed by atoms with E-state index in [0.29, 0.717) is 13.0 Å². The number of aliphatic hydroxyl groups excluding tert-OH is 1. The molecular weight excluding hydrogens is 188 g/mol. The normalized spacial score (nSPS) is 12.6. The molecule has 0 aliphatic carbocycles. The topological polar surface area (TPSA) is 32.3 Å². The smallest absolute Gasteiger partial charge is 0.181 e. The lowest BCUT2D eigenvalue weighted by molar-refractivity contribution is 0.188. The Kier molecular flexibility index (Phi) is 3.83. The highest BCUT2D eigenvalue weighted by atomic mass is 19.2. The molecule has 1 unspecified atom stereocenters. The van der Waals surface area contributed by atoms with Crippen LogP contribution < -0.4 is 5.32 Å². The van der Waals surface area contributed by atoms with E-state index >= 15 is 0 Å². The maximum atomic E-state index is 13.0. The first kappa shape index (κ1) is 10.9. The SMILES string of the molecule is CC(O)CCNc1cccc(F)c1F. The third-order valence-electron chi connectivity index (χ3n) is 1.83. The van der Waals surface area contributed by atoms with E-state index in [1.54, 1.807) is 6.92 Å². The molecule has 1 aromatic rings. The number of hydrogen-bond acceptors (Lipinski definition) is 2. The lowest BCUT2D eigenvalue weighted by atomic mass is 10.2. The van der Waals surface area contributed by atoms with Gasteiger partial charge in [0.25, 0.3) is 0 Å². The summed E-state index contributed by atoms with van der Waals surface area (Å²) in [7, 11) is 0. The fourth-order valence-corrected chi connectivity index (χ4v) is 1.06. The second kappa shape index (κ2) is 4.91. The van der Waals surface area contributed by atoms with Crippen molar-refractivity contribution in [2.75, 3.05) is 11.9 Å². The van der Waals surface area contributed by atoms with Crippen LogP contribution in [0.25, 0.3) is 0 Å². The van der Waals surface area contributed by atoms with Crippen LogP contribution >= 0.6 is 0 Å². The molecule has 78 valence electrons. The Bertz CT molecular complexity index is 302. The molecule has 14 heavy (non-hydrogen) atoms. The first-order valence-electron chi connectivity index (χ1n) is 4.47. The van der Waals surface area contributed by atoms with Gasteiger partial charge in [-0.05, 0) is 25.5 Å². The number of aliphatic hydroxyl groups is 1. The van der Waals surface area contributed by atoms with Crippen LogP contribution in [-0.2, 0) is 0 Å². The van der Waals surface area contributed by atoms with Gasteiger partial charge in [-0.2, -0.15) is 0 Å². The van der Waals surface area contributed by atoms with Gasteiger partial charge in [-0.3, -0.25) is 0 Å². The van der Waals surface area contributed by atoms with Crippen molar-refractivity contribution in [1.29, 1.82) is 0 Å². The molecule has 0 aliphatic rings. The molecule has 1 rings (SSSR count). The lowest BCUT2D eigenvalue weighted by Gasteiger charge is -2.08. The highest BCUT2D eigenvalue weighted by Crippen LogP contribution is 2.16. The summed E-state index contributed by atoms with van der Waals surface area (Å²) >= 11 is 0. The third-order valence-corrected chi connectivity index (χ3v) is 1.83. The average Bonchev–Trinajstić information content (AvgIpc) is 2.12. The summed E-state index contributed by atoms with van der Waals surface area (Å²) in [6.07, 6.45) is 0.0507. The number of hydrogen-bond donors (Lipinski definition) is 2. The van der Waals surface area contributed by atoms with Crippen molar-refractivity contribution in [1.82, 2.24) is 0 Å². The fraction of sp³-hybridized carbons (Fsp3) is 0.400. The molecule has 2 nitrogen and oxygen atoms in total. The summed E-state index contributed by atoms with van der Waals surface area (Å²) in [6, 6.07) is 3.96. The van der Waals surface area contributed by atoms with E-state index < -0.39 is 17.7 Å². The van der Waals surface area contributed by atoms with Crippen molar-refractivity contribution in [2.45, 2.75) is 19.4 Å². The minimum atomic E-state index is -0.877. The van der Waals surface area contributed by atoms with Gasteiger partial charge in [-0.1, -0.05) is 6.07 Å². The number of halogens is 2. The number of rotatable bonds is 4. The summed E-state index contributed by atoms with van der Waals surface area (Å²) in [5, 5.41) is 11.7. The van der Waals surface area contributed by atoms with E-state index in [1.165, 1.54) is 12.1 Å². The Balaban J connectivity index is 2.54. The van der Waals surface area contributed by atoms with Gasteiger partial charge >= 0.3 is 0 Å². The van der Waals surface area contributed by atoms with Crippen molar-refractivity contribution < 1.29 is 13.9 Å². The first-order chi connectivity index (χ1) is 6.61. The molecule has 1 atom stereocenters. The maximum absolute atomic E-state index is 13.0. The van der Waals surface area contributed by atoms with Gasteiger partial charge < -0.3 is 10.4 Å². The molecule has 0 saturated heterocycles. The van der Waals surface area contributed by atoms with Crippen LogP contribution in [0.2, 0.25) is 0 Å². The van der Waals surface area contributed by atoms with E-state index in [1.807, 2.05) is 0 Å². The molecule has 2 N–H and O–H groups in total. The second-order valence-corrected chi connectivity index (χ2v) is 3.17. The van der Waals surface area contributed by atoms with Crippen molar-refractivity contribution in [3.05, 3.63) is 29.8 Å². The summed E-state index contributed by atoms with van der Waals surface area (Å²) in [6.45, 7) is 2.06.